The molecule has 0 aliphatic carbocycles. The molecule has 0 aliphatic heterocycles. The maximum Gasteiger partial charge on any atom is 0.328 e. The minimum atomic E-state index is -3.75. The molecule has 0 amide bonds. The second kappa shape index (κ2) is 8.50. The number of nitrogens with zero attached hydrogens (tertiary/aromatic N) is 2. The summed E-state index contributed by atoms with van der Waals surface area (Å²) in [4.78, 5) is 24.3. The molecule has 1 heterocycles. The Hall–Kier alpha value is -3.11. The molecule has 0 radical (unpaired) electrons. The van der Waals surface area contributed by atoms with Crippen molar-refractivity contribution in [3.05, 3.63) is 59.0 Å². The van der Waals surface area contributed by atoms with Crippen LogP contribution < -0.4 is 15.6 Å². The molecule has 10 heteroatoms. The molecule has 3 rings (SSSR count). The van der Waals surface area contributed by atoms with E-state index < -0.39 is 16.0 Å². The number of aromatic nitrogens is 2. The predicted octanol–water partition coefficient (Wildman–Crippen LogP) is 1.000. The van der Waals surface area contributed by atoms with Crippen LogP contribution in [0, 0.1) is 0 Å². The molecule has 0 saturated carbocycles. The number of aryl methyl sites for hydroxylation is 2. The van der Waals surface area contributed by atoms with Crippen LogP contribution in [0.3, 0.4) is 0 Å². The van der Waals surface area contributed by atoms with Gasteiger partial charge in [-0.1, -0.05) is 12.1 Å². The van der Waals surface area contributed by atoms with Crippen LogP contribution in [-0.4, -0.2) is 36.7 Å². The standard InChI is InChI=1S/C19H21N3O6S/c1-21-16-4-2-3-5-17(16)22(19(21)24)11-10-18(23)28-13-12-27-14-6-8-15(9-7-14)29(20,25)26/h2-9H,10-13H2,1H3,(H2,20,25,26). The highest BCUT2D eigenvalue weighted by Gasteiger charge is 2.12. The highest BCUT2D eigenvalue weighted by molar-refractivity contribution is 7.89. The van der Waals surface area contributed by atoms with E-state index in [9.17, 15) is 18.0 Å². The van der Waals surface area contributed by atoms with E-state index in [1.54, 1.807) is 11.6 Å². The Balaban J connectivity index is 1.47. The van der Waals surface area contributed by atoms with Crippen LogP contribution in [0.4, 0.5) is 0 Å². The van der Waals surface area contributed by atoms with E-state index in [2.05, 4.69) is 0 Å². The fourth-order valence-corrected chi connectivity index (χ4v) is 3.41. The highest BCUT2D eigenvalue weighted by Crippen LogP contribution is 2.15. The molecule has 9 nitrogen and oxygen atoms in total. The fourth-order valence-electron chi connectivity index (χ4n) is 2.90. The van der Waals surface area contributed by atoms with Crippen LogP contribution in [-0.2, 0) is 33.1 Å². The summed E-state index contributed by atoms with van der Waals surface area (Å²) in [5.74, 6) is -0.0197. The van der Waals surface area contributed by atoms with Crippen molar-refractivity contribution in [1.29, 1.82) is 0 Å². The van der Waals surface area contributed by atoms with Gasteiger partial charge in [0.25, 0.3) is 0 Å². The minimum absolute atomic E-state index is 0.0139. The first-order chi connectivity index (χ1) is 13.8. The molecule has 154 valence electrons. The van der Waals surface area contributed by atoms with Crippen LogP contribution in [0.15, 0.2) is 58.2 Å². The van der Waals surface area contributed by atoms with Crippen LogP contribution >= 0.6 is 0 Å². The Bertz CT molecular complexity index is 1180. The third kappa shape index (κ3) is 4.84. The topological polar surface area (TPSA) is 123 Å². The highest BCUT2D eigenvalue weighted by atomic mass is 32.2. The Labute approximate surface area is 167 Å². The van der Waals surface area contributed by atoms with Crippen LogP contribution in [0.2, 0.25) is 0 Å². The maximum absolute atomic E-state index is 12.3. The van der Waals surface area contributed by atoms with Crippen molar-refractivity contribution < 1.29 is 22.7 Å². The maximum atomic E-state index is 12.3. The predicted molar refractivity (Wildman–Crippen MR) is 106 cm³/mol. The molecule has 1 aromatic heterocycles. The summed E-state index contributed by atoms with van der Waals surface area (Å²) in [6.45, 7) is 0.351. The second-order valence-electron chi connectivity index (χ2n) is 6.32. The third-order valence-electron chi connectivity index (χ3n) is 4.36. The van der Waals surface area contributed by atoms with Gasteiger partial charge in [-0.05, 0) is 36.4 Å². The van der Waals surface area contributed by atoms with Gasteiger partial charge in [-0.25, -0.2) is 18.4 Å². The summed E-state index contributed by atoms with van der Waals surface area (Å²) >= 11 is 0. The molecule has 0 unspecified atom stereocenters. The number of hydrogen-bond donors (Lipinski definition) is 1. The number of hydrogen-bond acceptors (Lipinski definition) is 6. The number of para-hydroxylation sites is 2. The summed E-state index contributed by atoms with van der Waals surface area (Å²) in [6, 6.07) is 13.0. The summed E-state index contributed by atoms with van der Waals surface area (Å²) in [7, 11) is -2.06. The lowest BCUT2D eigenvalue weighted by Crippen LogP contribution is -2.24. The van der Waals surface area contributed by atoms with Gasteiger partial charge < -0.3 is 9.47 Å². The lowest BCUT2D eigenvalue weighted by molar-refractivity contribution is -0.144. The third-order valence-corrected chi connectivity index (χ3v) is 5.29. The van der Waals surface area contributed by atoms with E-state index in [4.69, 9.17) is 14.6 Å². The van der Waals surface area contributed by atoms with Gasteiger partial charge in [0.15, 0.2) is 0 Å². The van der Waals surface area contributed by atoms with Gasteiger partial charge in [0.05, 0.1) is 22.3 Å². The Morgan fingerprint density at radius 3 is 2.34 bits per heavy atom. The van der Waals surface area contributed by atoms with Crippen molar-refractivity contribution in [2.24, 2.45) is 12.2 Å². The second-order valence-corrected chi connectivity index (χ2v) is 7.88. The smallest absolute Gasteiger partial charge is 0.328 e. The average Bonchev–Trinajstić information content (AvgIpc) is 2.94. The lowest BCUT2D eigenvalue weighted by Gasteiger charge is -2.08. The van der Waals surface area contributed by atoms with E-state index >= 15 is 0 Å². The van der Waals surface area contributed by atoms with E-state index in [0.717, 1.165) is 11.0 Å². The molecule has 29 heavy (non-hydrogen) atoms. The molecule has 2 N–H and O–H groups in total. The fraction of sp³-hybridized carbons (Fsp3) is 0.263. The zero-order chi connectivity index (χ0) is 21.0. The summed E-state index contributed by atoms with van der Waals surface area (Å²) < 4.78 is 36.0. The van der Waals surface area contributed by atoms with Gasteiger partial charge in [-0.15, -0.1) is 0 Å². The van der Waals surface area contributed by atoms with E-state index in [1.165, 1.54) is 28.8 Å². The van der Waals surface area contributed by atoms with Crippen molar-refractivity contribution in [2.45, 2.75) is 17.9 Å². The van der Waals surface area contributed by atoms with E-state index in [-0.39, 0.29) is 36.8 Å². The van der Waals surface area contributed by atoms with Crippen molar-refractivity contribution >= 4 is 27.0 Å². The average molecular weight is 419 g/mol. The number of nitrogens with two attached hydrogens (primary N) is 1. The van der Waals surface area contributed by atoms with Crippen molar-refractivity contribution in [2.75, 3.05) is 13.2 Å². The molecular formula is C19H21N3O6S. The molecule has 0 atom stereocenters. The van der Waals surface area contributed by atoms with Gasteiger partial charge >= 0.3 is 11.7 Å². The van der Waals surface area contributed by atoms with Gasteiger partial charge in [0, 0.05) is 13.6 Å². The molecule has 0 bridgehead atoms. The van der Waals surface area contributed by atoms with E-state index in [0.29, 0.717) is 5.75 Å². The number of esters is 1. The summed E-state index contributed by atoms with van der Waals surface area (Å²) in [5, 5.41) is 5.02. The van der Waals surface area contributed by atoms with E-state index in [1.807, 2.05) is 24.3 Å². The molecule has 0 fully saturated rings. The summed E-state index contributed by atoms with van der Waals surface area (Å²) in [5.41, 5.74) is 1.37. The number of carbonyl (C=O) groups is 1. The first-order valence-electron chi connectivity index (χ1n) is 8.83. The largest absolute Gasteiger partial charge is 0.490 e. The quantitative estimate of drug-likeness (QED) is 0.429. The zero-order valence-electron chi connectivity index (χ0n) is 15.8. The number of ether oxygens (including phenoxy) is 2. The number of imidazole rings is 1. The Morgan fingerprint density at radius 1 is 1.03 bits per heavy atom. The number of benzene rings is 2. The molecule has 0 aliphatic rings. The Kier molecular flexibility index (Phi) is 6.04. The number of carbonyl (C=O) groups excluding carboxylic acids is 1. The van der Waals surface area contributed by atoms with Crippen LogP contribution in [0.1, 0.15) is 6.42 Å². The van der Waals surface area contributed by atoms with Crippen molar-refractivity contribution in [3.63, 3.8) is 0 Å². The number of sulfonamides is 1. The normalized spacial score (nSPS) is 11.5. The molecule has 0 saturated heterocycles. The van der Waals surface area contributed by atoms with Gasteiger partial charge in [-0.3, -0.25) is 13.9 Å². The van der Waals surface area contributed by atoms with Gasteiger partial charge in [-0.2, -0.15) is 0 Å². The number of fused-ring (bicyclic) bond motifs is 1. The van der Waals surface area contributed by atoms with Crippen molar-refractivity contribution in [3.8, 4) is 5.75 Å². The van der Waals surface area contributed by atoms with Gasteiger partial charge in [0.2, 0.25) is 10.0 Å². The molecular weight excluding hydrogens is 398 g/mol. The number of primary sulfonamides is 1. The molecule has 3 aromatic rings. The summed E-state index contributed by atoms with van der Waals surface area (Å²) in [6.07, 6.45) is 0.0526. The molecule has 2 aromatic carbocycles. The first-order valence-corrected chi connectivity index (χ1v) is 10.4. The molecule has 0 spiro atoms. The van der Waals surface area contributed by atoms with Crippen molar-refractivity contribution in [1.82, 2.24) is 9.13 Å². The first kappa shape index (κ1) is 20.6. The lowest BCUT2D eigenvalue weighted by atomic mass is 10.3. The monoisotopic (exact) mass is 419 g/mol. The zero-order valence-corrected chi connectivity index (χ0v) is 16.6. The van der Waals surface area contributed by atoms with Crippen LogP contribution in [0.5, 0.6) is 5.75 Å². The van der Waals surface area contributed by atoms with Gasteiger partial charge in [0.1, 0.15) is 19.0 Å². The van der Waals surface area contributed by atoms with Crippen LogP contribution in [0.25, 0.3) is 11.0 Å². The SMILES string of the molecule is Cn1c(=O)n(CCC(=O)OCCOc2ccc(S(N)(=O)=O)cc2)c2ccccc21. The number of rotatable bonds is 8. The minimum Gasteiger partial charge on any atom is -0.490 e. The Morgan fingerprint density at radius 2 is 1.69 bits per heavy atom.